The van der Waals surface area contributed by atoms with E-state index >= 15 is 0 Å². The van der Waals surface area contributed by atoms with E-state index in [1.54, 1.807) is 12.1 Å². The molecular formula is C10H14N3O2P. The summed E-state index contributed by atoms with van der Waals surface area (Å²) < 4.78 is 2.14. The van der Waals surface area contributed by atoms with Crippen LogP contribution in [0.1, 0.15) is 0 Å². The Bertz CT molecular complexity index is 391. The number of hydrogen-bond donors (Lipinski definition) is 0. The highest BCUT2D eigenvalue weighted by Crippen LogP contribution is 2.28. The number of nitro groups is 1. The number of piperazine rings is 1. The molecule has 1 fully saturated rings. The second-order valence-corrected chi connectivity index (χ2v) is 4.50. The summed E-state index contributed by atoms with van der Waals surface area (Å²) in [5, 5.41) is 10.9. The fourth-order valence-corrected chi connectivity index (χ4v) is 2.08. The molecule has 1 aromatic carbocycles. The summed E-state index contributed by atoms with van der Waals surface area (Å²) in [7, 11) is 2.66. The summed E-state index contributed by atoms with van der Waals surface area (Å²) in [4.78, 5) is 12.6. The van der Waals surface area contributed by atoms with Crippen molar-refractivity contribution in [2.45, 2.75) is 0 Å². The van der Waals surface area contributed by atoms with Crippen LogP contribution in [0.5, 0.6) is 0 Å². The van der Waals surface area contributed by atoms with Gasteiger partial charge in [0.15, 0.2) is 0 Å². The quantitative estimate of drug-likeness (QED) is 0.446. The van der Waals surface area contributed by atoms with E-state index in [4.69, 9.17) is 0 Å². The van der Waals surface area contributed by atoms with E-state index in [0.717, 1.165) is 31.9 Å². The zero-order valence-electron chi connectivity index (χ0n) is 8.87. The molecule has 6 heteroatoms. The van der Waals surface area contributed by atoms with Gasteiger partial charge in [0.2, 0.25) is 0 Å². The average molecular weight is 239 g/mol. The van der Waals surface area contributed by atoms with Crippen LogP contribution in [0.15, 0.2) is 24.3 Å². The van der Waals surface area contributed by atoms with Crippen molar-refractivity contribution in [3.8, 4) is 0 Å². The Hall–Kier alpha value is -1.19. The number of nitro benzene ring substituents is 1. The van der Waals surface area contributed by atoms with Gasteiger partial charge in [0, 0.05) is 32.2 Å². The molecule has 1 heterocycles. The molecule has 0 radical (unpaired) electrons. The van der Waals surface area contributed by atoms with Crippen LogP contribution in [0.4, 0.5) is 11.4 Å². The van der Waals surface area contributed by atoms with E-state index < -0.39 is 0 Å². The normalized spacial score (nSPS) is 17.4. The Morgan fingerprint density at radius 2 is 1.81 bits per heavy atom. The molecule has 1 atom stereocenters. The van der Waals surface area contributed by atoms with E-state index in [0.29, 0.717) is 0 Å². The van der Waals surface area contributed by atoms with Gasteiger partial charge < -0.3 is 4.90 Å². The molecule has 86 valence electrons. The summed E-state index contributed by atoms with van der Waals surface area (Å²) in [6, 6.07) is 6.92. The molecule has 1 aliphatic heterocycles. The number of rotatable bonds is 2. The summed E-state index contributed by atoms with van der Waals surface area (Å²) >= 11 is 0. The Labute approximate surface area is 96.4 Å². The Morgan fingerprint density at radius 3 is 2.44 bits per heavy atom. The highest BCUT2D eigenvalue weighted by atomic mass is 31.0. The lowest BCUT2D eigenvalue weighted by Gasteiger charge is -2.33. The van der Waals surface area contributed by atoms with Crippen LogP contribution in [-0.4, -0.2) is 35.8 Å². The average Bonchev–Trinajstić information content (AvgIpc) is 2.30. The number of para-hydroxylation sites is 2. The Kier molecular flexibility index (Phi) is 3.36. The lowest BCUT2D eigenvalue weighted by atomic mass is 10.2. The monoisotopic (exact) mass is 239 g/mol. The summed E-state index contributed by atoms with van der Waals surface area (Å²) in [6.45, 7) is 3.48. The van der Waals surface area contributed by atoms with Crippen molar-refractivity contribution in [1.29, 1.82) is 0 Å². The summed E-state index contributed by atoms with van der Waals surface area (Å²) in [5.74, 6) is 0. The van der Waals surface area contributed by atoms with Crippen LogP contribution in [0, 0.1) is 10.1 Å². The Morgan fingerprint density at radius 1 is 1.19 bits per heavy atom. The SMILES string of the molecule is O=[N+]([O-])c1ccccc1N1CCN(P)CC1. The largest absolute Gasteiger partial charge is 0.363 e. The first kappa shape index (κ1) is 11.3. The van der Waals surface area contributed by atoms with Gasteiger partial charge in [-0.15, -0.1) is 0 Å². The van der Waals surface area contributed by atoms with Crippen LogP contribution in [-0.2, 0) is 0 Å². The smallest absolute Gasteiger partial charge is 0.292 e. The molecule has 0 aliphatic carbocycles. The van der Waals surface area contributed by atoms with Crippen molar-refractivity contribution in [3.63, 3.8) is 0 Å². The minimum absolute atomic E-state index is 0.194. The highest BCUT2D eigenvalue weighted by Gasteiger charge is 2.21. The highest BCUT2D eigenvalue weighted by molar-refractivity contribution is 7.13. The van der Waals surface area contributed by atoms with E-state index in [-0.39, 0.29) is 10.6 Å². The fraction of sp³-hybridized carbons (Fsp3) is 0.400. The zero-order valence-corrected chi connectivity index (χ0v) is 10.0. The second kappa shape index (κ2) is 4.76. The second-order valence-electron chi connectivity index (χ2n) is 3.77. The van der Waals surface area contributed by atoms with Crippen molar-refractivity contribution in [3.05, 3.63) is 34.4 Å². The fourth-order valence-electron chi connectivity index (χ4n) is 1.85. The van der Waals surface area contributed by atoms with E-state index in [2.05, 4.69) is 19.0 Å². The molecule has 0 bridgehead atoms. The van der Waals surface area contributed by atoms with Gasteiger partial charge >= 0.3 is 0 Å². The van der Waals surface area contributed by atoms with Crippen molar-refractivity contribution in [2.24, 2.45) is 0 Å². The molecule has 2 rings (SSSR count). The lowest BCUT2D eigenvalue weighted by molar-refractivity contribution is -0.384. The predicted molar refractivity (Wildman–Crippen MR) is 66.6 cm³/mol. The maximum atomic E-state index is 10.9. The molecule has 0 saturated carbocycles. The van der Waals surface area contributed by atoms with Gasteiger partial charge in [0.05, 0.1) is 4.92 Å². The molecule has 1 aromatic rings. The molecule has 16 heavy (non-hydrogen) atoms. The third kappa shape index (κ3) is 2.31. The summed E-state index contributed by atoms with van der Waals surface area (Å²) in [6.07, 6.45) is 0. The van der Waals surface area contributed by atoms with Crippen LogP contribution in [0.25, 0.3) is 0 Å². The molecule has 0 N–H and O–H groups in total. The minimum Gasteiger partial charge on any atom is -0.363 e. The van der Waals surface area contributed by atoms with Gasteiger partial charge in [-0.05, 0) is 6.07 Å². The number of anilines is 1. The molecule has 0 amide bonds. The van der Waals surface area contributed by atoms with Gasteiger partial charge in [-0.25, -0.2) is 0 Å². The topological polar surface area (TPSA) is 49.6 Å². The molecule has 0 aromatic heterocycles. The minimum atomic E-state index is -0.317. The predicted octanol–water partition coefficient (Wildman–Crippen LogP) is 1.51. The molecule has 1 saturated heterocycles. The Balaban J connectivity index is 2.23. The molecule has 1 aliphatic rings. The van der Waals surface area contributed by atoms with Gasteiger partial charge in [-0.3, -0.25) is 14.8 Å². The molecule has 5 nitrogen and oxygen atoms in total. The van der Waals surface area contributed by atoms with Crippen molar-refractivity contribution in [1.82, 2.24) is 4.67 Å². The van der Waals surface area contributed by atoms with E-state index in [9.17, 15) is 10.1 Å². The van der Waals surface area contributed by atoms with Gasteiger partial charge in [0.25, 0.3) is 5.69 Å². The standard InChI is InChI=1S/C10H14N3O2P/c14-13(15)10-4-2-1-3-9(10)11-5-7-12(16)8-6-11/h1-4H,5-8,16H2. The molecule has 1 unspecified atom stereocenters. The van der Waals surface area contributed by atoms with Gasteiger partial charge in [-0.1, -0.05) is 21.5 Å². The first-order chi connectivity index (χ1) is 7.68. The number of nitrogens with zero attached hydrogens (tertiary/aromatic N) is 3. The van der Waals surface area contributed by atoms with Crippen molar-refractivity contribution >= 4 is 20.8 Å². The van der Waals surface area contributed by atoms with Crippen molar-refractivity contribution < 1.29 is 4.92 Å². The van der Waals surface area contributed by atoms with Crippen LogP contribution in [0.2, 0.25) is 0 Å². The lowest BCUT2D eigenvalue weighted by Crippen LogP contribution is -2.42. The van der Waals surface area contributed by atoms with Crippen LogP contribution in [0.3, 0.4) is 0 Å². The maximum absolute atomic E-state index is 10.9. The molecule has 0 spiro atoms. The third-order valence-corrected chi connectivity index (χ3v) is 3.25. The first-order valence-electron chi connectivity index (χ1n) is 5.16. The van der Waals surface area contributed by atoms with Crippen LogP contribution < -0.4 is 4.90 Å². The van der Waals surface area contributed by atoms with E-state index in [1.165, 1.54) is 0 Å². The first-order valence-corrected chi connectivity index (χ1v) is 5.68. The summed E-state index contributed by atoms with van der Waals surface area (Å²) in [5.41, 5.74) is 0.922. The van der Waals surface area contributed by atoms with Crippen LogP contribution >= 0.6 is 9.39 Å². The molecular weight excluding hydrogens is 225 g/mol. The third-order valence-electron chi connectivity index (χ3n) is 2.73. The van der Waals surface area contributed by atoms with Crippen molar-refractivity contribution in [2.75, 3.05) is 31.1 Å². The number of hydrogen-bond acceptors (Lipinski definition) is 4. The maximum Gasteiger partial charge on any atom is 0.292 e. The van der Waals surface area contributed by atoms with E-state index in [1.807, 2.05) is 12.1 Å². The van der Waals surface area contributed by atoms with Gasteiger partial charge in [0.1, 0.15) is 5.69 Å². The zero-order chi connectivity index (χ0) is 11.5. The van der Waals surface area contributed by atoms with Gasteiger partial charge in [-0.2, -0.15) is 0 Å². The number of benzene rings is 1.